The molecule has 25 heavy (non-hydrogen) atoms. The Kier molecular flexibility index (Phi) is 5.20. The Bertz CT molecular complexity index is 712. The monoisotopic (exact) mass is 369 g/mol. The molecular formula is C17H27N3O4S. The Balaban J connectivity index is 1.52. The summed E-state index contributed by atoms with van der Waals surface area (Å²) in [6.07, 6.45) is 4.57. The first-order valence-corrected chi connectivity index (χ1v) is 10.5. The summed E-state index contributed by atoms with van der Waals surface area (Å²) in [7, 11) is -3.33. The van der Waals surface area contributed by atoms with E-state index in [1.807, 2.05) is 20.8 Å². The van der Waals surface area contributed by atoms with Gasteiger partial charge in [0.25, 0.3) is 0 Å². The molecule has 0 spiro atoms. The zero-order valence-electron chi connectivity index (χ0n) is 15.1. The third-order valence-corrected chi connectivity index (χ3v) is 7.24. The van der Waals surface area contributed by atoms with Crippen LogP contribution in [0.25, 0.3) is 0 Å². The number of hydrogen-bond donors (Lipinski definition) is 1. The molecule has 1 saturated heterocycles. The molecule has 2 aliphatic rings. The van der Waals surface area contributed by atoms with Gasteiger partial charge in [0.15, 0.2) is 0 Å². The maximum Gasteiger partial charge on any atom is 0.225 e. The standard InChI is InChI=1S/C17H27N3O4S/c1-11(8-16-12(2)18-24-13(16)3)17(21)20-9-15(10-20)25(22,23)19-14-6-4-5-7-14/h11,14-15,19H,4-10H2,1-3H3/t11-/m0/s1. The van der Waals surface area contributed by atoms with E-state index >= 15 is 0 Å². The zero-order valence-corrected chi connectivity index (χ0v) is 15.9. The molecule has 1 aromatic heterocycles. The molecule has 7 nitrogen and oxygen atoms in total. The number of aromatic nitrogens is 1. The van der Waals surface area contributed by atoms with Crippen molar-refractivity contribution in [3.63, 3.8) is 0 Å². The Morgan fingerprint density at radius 2 is 1.96 bits per heavy atom. The van der Waals surface area contributed by atoms with Crippen LogP contribution in [-0.4, -0.2) is 48.8 Å². The summed E-state index contributed by atoms with van der Waals surface area (Å²) < 4.78 is 32.7. The van der Waals surface area contributed by atoms with E-state index in [0.29, 0.717) is 6.42 Å². The number of carbonyl (C=O) groups excluding carboxylic acids is 1. The van der Waals surface area contributed by atoms with Gasteiger partial charge in [-0.3, -0.25) is 4.79 Å². The van der Waals surface area contributed by atoms with Gasteiger partial charge in [-0.2, -0.15) is 0 Å². The van der Waals surface area contributed by atoms with Crippen molar-refractivity contribution in [3.05, 3.63) is 17.0 Å². The summed E-state index contributed by atoms with van der Waals surface area (Å²) in [4.78, 5) is 14.2. The summed E-state index contributed by atoms with van der Waals surface area (Å²) in [5.41, 5.74) is 1.77. The van der Waals surface area contributed by atoms with Crippen LogP contribution in [0.15, 0.2) is 4.52 Å². The molecule has 1 amide bonds. The number of carbonyl (C=O) groups is 1. The smallest absolute Gasteiger partial charge is 0.225 e. The highest BCUT2D eigenvalue weighted by atomic mass is 32.2. The predicted molar refractivity (Wildman–Crippen MR) is 93.5 cm³/mol. The molecule has 3 rings (SSSR count). The number of aryl methyl sites for hydroxylation is 2. The molecule has 1 atom stereocenters. The van der Waals surface area contributed by atoms with E-state index in [4.69, 9.17) is 4.52 Å². The average Bonchev–Trinajstić information content (AvgIpc) is 3.09. The lowest BCUT2D eigenvalue weighted by Gasteiger charge is -2.40. The highest BCUT2D eigenvalue weighted by Crippen LogP contribution is 2.24. The van der Waals surface area contributed by atoms with Gasteiger partial charge >= 0.3 is 0 Å². The fraction of sp³-hybridized carbons (Fsp3) is 0.765. The van der Waals surface area contributed by atoms with Gasteiger partial charge in [-0.05, 0) is 33.1 Å². The molecule has 1 aliphatic carbocycles. The Morgan fingerprint density at radius 3 is 2.52 bits per heavy atom. The van der Waals surface area contributed by atoms with Crippen LogP contribution in [0.4, 0.5) is 0 Å². The highest BCUT2D eigenvalue weighted by Gasteiger charge is 2.41. The van der Waals surface area contributed by atoms with Crippen molar-refractivity contribution >= 4 is 15.9 Å². The number of amides is 1. The summed E-state index contributed by atoms with van der Waals surface area (Å²) in [6, 6.07) is 0.0771. The number of nitrogens with one attached hydrogen (secondary N) is 1. The van der Waals surface area contributed by atoms with Crippen molar-refractivity contribution in [3.8, 4) is 0 Å². The van der Waals surface area contributed by atoms with Gasteiger partial charge in [0, 0.05) is 30.6 Å². The molecule has 2 fully saturated rings. The Hall–Kier alpha value is -1.41. The summed E-state index contributed by atoms with van der Waals surface area (Å²) in [6.45, 7) is 6.14. The molecule has 1 aromatic rings. The number of rotatable bonds is 6. The van der Waals surface area contributed by atoms with E-state index in [1.165, 1.54) is 0 Å². The van der Waals surface area contributed by atoms with Gasteiger partial charge in [0.05, 0.1) is 5.69 Å². The minimum atomic E-state index is -3.33. The second kappa shape index (κ2) is 7.07. The molecule has 1 N–H and O–H groups in total. The van der Waals surface area contributed by atoms with E-state index in [-0.39, 0.29) is 31.0 Å². The van der Waals surface area contributed by atoms with E-state index < -0.39 is 15.3 Å². The minimum Gasteiger partial charge on any atom is -0.361 e. The summed E-state index contributed by atoms with van der Waals surface area (Å²) in [5, 5.41) is 3.43. The predicted octanol–water partition coefficient (Wildman–Crippen LogP) is 1.54. The lowest BCUT2D eigenvalue weighted by molar-refractivity contribution is -0.138. The molecule has 1 aliphatic heterocycles. The third kappa shape index (κ3) is 3.89. The first kappa shape index (κ1) is 18.4. The molecule has 1 saturated carbocycles. The fourth-order valence-corrected chi connectivity index (χ4v) is 5.33. The van der Waals surface area contributed by atoms with Gasteiger partial charge in [-0.1, -0.05) is 24.9 Å². The normalized spacial score (nSPS) is 20.7. The van der Waals surface area contributed by atoms with Crippen molar-refractivity contribution < 1.29 is 17.7 Å². The molecule has 2 heterocycles. The molecule has 0 bridgehead atoms. The van der Waals surface area contributed by atoms with Gasteiger partial charge in [-0.25, -0.2) is 13.1 Å². The summed E-state index contributed by atoms with van der Waals surface area (Å²) >= 11 is 0. The SMILES string of the molecule is Cc1noc(C)c1C[C@H](C)C(=O)N1CC(S(=O)(=O)NC2CCCC2)C1. The van der Waals surface area contributed by atoms with Crippen LogP contribution in [0.2, 0.25) is 0 Å². The van der Waals surface area contributed by atoms with Crippen LogP contribution in [0, 0.1) is 19.8 Å². The highest BCUT2D eigenvalue weighted by molar-refractivity contribution is 7.90. The number of likely N-dealkylation sites (tertiary alicyclic amines) is 1. The van der Waals surface area contributed by atoms with Crippen LogP contribution in [0.1, 0.15) is 49.6 Å². The summed E-state index contributed by atoms with van der Waals surface area (Å²) in [5.74, 6) is 0.512. The maximum absolute atomic E-state index is 12.6. The van der Waals surface area contributed by atoms with Crippen molar-refractivity contribution in [2.75, 3.05) is 13.1 Å². The third-order valence-electron chi connectivity index (χ3n) is 5.40. The molecule has 140 valence electrons. The van der Waals surface area contributed by atoms with Crippen molar-refractivity contribution in [2.24, 2.45) is 5.92 Å². The topological polar surface area (TPSA) is 92.5 Å². The minimum absolute atomic E-state index is 0.00711. The van der Waals surface area contributed by atoms with E-state index in [1.54, 1.807) is 4.90 Å². The van der Waals surface area contributed by atoms with Crippen LogP contribution in [0.3, 0.4) is 0 Å². The average molecular weight is 369 g/mol. The van der Waals surface area contributed by atoms with Gasteiger partial charge < -0.3 is 9.42 Å². The number of sulfonamides is 1. The second-order valence-electron chi connectivity index (χ2n) is 7.42. The van der Waals surface area contributed by atoms with Crippen LogP contribution >= 0.6 is 0 Å². The number of hydrogen-bond acceptors (Lipinski definition) is 5. The fourth-order valence-electron chi connectivity index (χ4n) is 3.69. The van der Waals surface area contributed by atoms with Crippen molar-refractivity contribution in [2.45, 2.75) is 64.2 Å². The zero-order chi connectivity index (χ0) is 18.2. The molecule has 8 heteroatoms. The van der Waals surface area contributed by atoms with E-state index in [9.17, 15) is 13.2 Å². The Labute approximate surface area is 149 Å². The van der Waals surface area contributed by atoms with Crippen molar-refractivity contribution in [1.29, 1.82) is 0 Å². The molecule has 0 aromatic carbocycles. The molecule has 0 unspecified atom stereocenters. The second-order valence-corrected chi connectivity index (χ2v) is 9.41. The first-order valence-electron chi connectivity index (χ1n) is 8.99. The lowest BCUT2D eigenvalue weighted by Crippen LogP contribution is -2.61. The Morgan fingerprint density at radius 1 is 1.32 bits per heavy atom. The van der Waals surface area contributed by atoms with Gasteiger partial charge in [0.1, 0.15) is 11.0 Å². The first-order chi connectivity index (χ1) is 11.8. The van der Waals surface area contributed by atoms with E-state index in [2.05, 4.69) is 9.88 Å². The van der Waals surface area contributed by atoms with Crippen LogP contribution < -0.4 is 4.72 Å². The molecular weight excluding hydrogens is 342 g/mol. The largest absolute Gasteiger partial charge is 0.361 e. The molecule has 0 radical (unpaired) electrons. The maximum atomic E-state index is 12.6. The quantitative estimate of drug-likeness (QED) is 0.821. The van der Waals surface area contributed by atoms with Crippen LogP contribution in [-0.2, 0) is 21.2 Å². The lowest BCUT2D eigenvalue weighted by atomic mass is 9.97. The van der Waals surface area contributed by atoms with Gasteiger partial charge in [0.2, 0.25) is 15.9 Å². The van der Waals surface area contributed by atoms with E-state index in [0.717, 1.165) is 42.7 Å². The van der Waals surface area contributed by atoms with Crippen LogP contribution in [0.5, 0.6) is 0 Å². The van der Waals surface area contributed by atoms with Gasteiger partial charge in [-0.15, -0.1) is 0 Å². The number of nitrogens with zero attached hydrogens (tertiary/aromatic N) is 2. The van der Waals surface area contributed by atoms with Crippen molar-refractivity contribution in [1.82, 2.24) is 14.8 Å².